The summed E-state index contributed by atoms with van der Waals surface area (Å²) >= 11 is 0. The fourth-order valence-corrected chi connectivity index (χ4v) is 2.06. The number of esters is 1. The molecule has 0 spiro atoms. The van der Waals surface area contributed by atoms with Gasteiger partial charge in [0.1, 0.15) is 6.61 Å². The Labute approximate surface area is 132 Å². The average molecular weight is 328 g/mol. The van der Waals surface area contributed by atoms with Crippen LogP contribution >= 0.6 is 0 Å². The first-order valence-electron chi connectivity index (χ1n) is 7.02. The van der Waals surface area contributed by atoms with Crippen LogP contribution in [0, 0.1) is 5.92 Å². The standard InChI is InChI=1S/C14H20N2O7/c1-7(2)14(22)23-4-3-15-10(17)6-9-12(16-9)8(13(20)21)5-11(18)19/h8-9,12,16H,1,3-6H2,2H3,(H,15,17)(H,18,19)(H,20,21). The molecule has 1 amide bonds. The molecule has 0 aliphatic carbocycles. The van der Waals surface area contributed by atoms with Gasteiger partial charge < -0.3 is 25.6 Å². The van der Waals surface area contributed by atoms with Crippen LogP contribution in [0.5, 0.6) is 0 Å². The molecular formula is C14H20N2O7. The smallest absolute Gasteiger partial charge is 0.333 e. The lowest BCUT2D eigenvalue weighted by Crippen LogP contribution is -2.30. The lowest BCUT2D eigenvalue weighted by atomic mass is 9.98. The van der Waals surface area contributed by atoms with E-state index in [2.05, 4.69) is 17.2 Å². The Hall–Kier alpha value is -2.42. The van der Waals surface area contributed by atoms with E-state index in [1.54, 1.807) is 0 Å². The van der Waals surface area contributed by atoms with Gasteiger partial charge in [0.25, 0.3) is 0 Å². The van der Waals surface area contributed by atoms with E-state index in [9.17, 15) is 19.2 Å². The molecular weight excluding hydrogens is 308 g/mol. The van der Waals surface area contributed by atoms with E-state index in [1.165, 1.54) is 6.92 Å². The van der Waals surface area contributed by atoms with Crippen LogP contribution in [-0.2, 0) is 23.9 Å². The Bertz CT molecular complexity index is 517. The molecule has 1 saturated heterocycles. The minimum Gasteiger partial charge on any atom is -0.481 e. The Morgan fingerprint density at radius 2 is 1.96 bits per heavy atom. The molecule has 0 aromatic heterocycles. The second-order valence-electron chi connectivity index (χ2n) is 5.31. The summed E-state index contributed by atoms with van der Waals surface area (Å²) in [6.45, 7) is 5.07. The molecule has 0 saturated carbocycles. The highest BCUT2D eigenvalue weighted by atomic mass is 16.5. The second-order valence-corrected chi connectivity index (χ2v) is 5.31. The summed E-state index contributed by atoms with van der Waals surface area (Å²) < 4.78 is 4.80. The van der Waals surface area contributed by atoms with E-state index in [4.69, 9.17) is 14.9 Å². The summed E-state index contributed by atoms with van der Waals surface area (Å²) in [7, 11) is 0. The molecule has 9 heteroatoms. The zero-order chi connectivity index (χ0) is 17.6. The van der Waals surface area contributed by atoms with Gasteiger partial charge >= 0.3 is 17.9 Å². The van der Waals surface area contributed by atoms with Crippen molar-refractivity contribution in [2.75, 3.05) is 13.2 Å². The predicted octanol–water partition coefficient (Wildman–Crippen LogP) is -0.872. The van der Waals surface area contributed by atoms with Crippen molar-refractivity contribution in [2.45, 2.75) is 31.8 Å². The zero-order valence-electron chi connectivity index (χ0n) is 12.7. The average Bonchev–Trinajstić information content (AvgIpc) is 3.18. The summed E-state index contributed by atoms with van der Waals surface area (Å²) in [6, 6.07) is -0.899. The first-order valence-corrected chi connectivity index (χ1v) is 7.02. The number of ether oxygens (including phenoxy) is 1. The number of carboxylic acid groups (broad SMARTS) is 2. The van der Waals surface area contributed by atoms with E-state index in [-0.39, 0.29) is 37.1 Å². The van der Waals surface area contributed by atoms with Crippen molar-refractivity contribution in [3.63, 3.8) is 0 Å². The molecule has 128 valence electrons. The largest absolute Gasteiger partial charge is 0.481 e. The van der Waals surface area contributed by atoms with E-state index in [0.29, 0.717) is 0 Å². The van der Waals surface area contributed by atoms with Crippen LogP contribution in [0.15, 0.2) is 12.2 Å². The van der Waals surface area contributed by atoms with Crippen molar-refractivity contribution < 1.29 is 34.1 Å². The monoisotopic (exact) mass is 328 g/mol. The van der Waals surface area contributed by atoms with Crippen LogP contribution in [0.2, 0.25) is 0 Å². The Morgan fingerprint density at radius 3 is 2.48 bits per heavy atom. The molecule has 3 atom stereocenters. The van der Waals surface area contributed by atoms with E-state index in [0.717, 1.165) is 0 Å². The first kappa shape index (κ1) is 18.6. The highest BCUT2D eigenvalue weighted by molar-refractivity contribution is 5.87. The van der Waals surface area contributed by atoms with Crippen LogP contribution in [0.1, 0.15) is 19.8 Å². The van der Waals surface area contributed by atoms with Crippen LogP contribution in [-0.4, -0.2) is 59.3 Å². The van der Waals surface area contributed by atoms with Gasteiger partial charge in [0.15, 0.2) is 0 Å². The molecule has 9 nitrogen and oxygen atoms in total. The number of aliphatic carboxylic acids is 2. The van der Waals surface area contributed by atoms with Crippen LogP contribution in [0.3, 0.4) is 0 Å². The lowest BCUT2D eigenvalue weighted by molar-refractivity contribution is -0.148. The number of rotatable bonds is 10. The maximum atomic E-state index is 11.7. The van der Waals surface area contributed by atoms with Crippen molar-refractivity contribution in [3.05, 3.63) is 12.2 Å². The van der Waals surface area contributed by atoms with Gasteiger partial charge in [-0.3, -0.25) is 14.4 Å². The quantitative estimate of drug-likeness (QED) is 0.175. The van der Waals surface area contributed by atoms with Gasteiger partial charge in [0.2, 0.25) is 5.91 Å². The summed E-state index contributed by atoms with van der Waals surface area (Å²) in [5, 5.41) is 23.0. The summed E-state index contributed by atoms with van der Waals surface area (Å²) in [5.74, 6) is -4.35. The maximum absolute atomic E-state index is 11.7. The minimum atomic E-state index is -1.21. The van der Waals surface area contributed by atoms with Crippen molar-refractivity contribution in [1.82, 2.24) is 10.6 Å². The van der Waals surface area contributed by atoms with Gasteiger partial charge in [-0.15, -0.1) is 0 Å². The normalized spacial score (nSPS) is 20.2. The number of carbonyl (C=O) groups excluding carboxylic acids is 2. The number of nitrogens with one attached hydrogen (secondary N) is 2. The van der Waals surface area contributed by atoms with Crippen molar-refractivity contribution in [3.8, 4) is 0 Å². The minimum absolute atomic E-state index is 0.00965. The molecule has 1 fully saturated rings. The van der Waals surface area contributed by atoms with Crippen LogP contribution in [0.25, 0.3) is 0 Å². The van der Waals surface area contributed by atoms with Gasteiger partial charge in [0.05, 0.1) is 18.9 Å². The molecule has 0 aromatic carbocycles. The molecule has 1 heterocycles. The molecule has 1 rings (SSSR count). The predicted molar refractivity (Wildman–Crippen MR) is 77.5 cm³/mol. The van der Waals surface area contributed by atoms with Gasteiger partial charge in [0, 0.05) is 24.1 Å². The fraction of sp³-hybridized carbons (Fsp3) is 0.571. The van der Waals surface area contributed by atoms with Crippen LogP contribution in [0.4, 0.5) is 0 Å². The van der Waals surface area contributed by atoms with Crippen LogP contribution < -0.4 is 10.6 Å². The third-order valence-corrected chi connectivity index (χ3v) is 3.29. The molecule has 23 heavy (non-hydrogen) atoms. The number of amides is 1. The molecule has 4 N–H and O–H groups in total. The third-order valence-electron chi connectivity index (χ3n) is 3.29. The second kappa shape index (κ2) is 8.28. The highest BCUT2D eigenvalue weighted by Gasteiger charge is 2.47. The third kappa shape index (κ3) is 6.47. The zero-order valence-corrected chi connectivity index (χ0v) is 12.7. The van der Waals surface area contributed by atoms with Gasteiger partial charge in [-0.05, 0) is 6.92 Å². The highest BCUT2D eigenvalue weighted by Crippen LogP contribution is 2.26. The van der Waals surface area contributed by atoms with Gasteiger partial charge in [-0.25, -0.2) is 4.79 Å². The Morgan fingerprint density at radius 1 is 1.30 bits per heavy atom. The van der Waals surface area contributed by atoms with E-state index < -0.39 is 36.3 Å². The van der Waals surface area contributed by atoms with Gasteiger partial charge in [-0.1, -0.05) is 6.58 Å². The summed E-state index contributed by atoms with van der Waals surface area (Å²) in [5.41, 5.74) is 0.263. The number of hydrogen-bond acceptors (Lipinski definition) is 6. The topological polar surface area (TPSA) is 152 Å². The van der Waals surface area contributed by atoms with E-state index >= 15 is 0 Å². The van der Waals surface area contributed by atoms with Crippen molar-refractivity contribution in [1.29, 1.82) is 0 Å². The van der Waals surface area contributed by atoms with Crippen molar-refractivity contribution in [2.24, 2.45) is 5.92 Å². The number of carboxylic acids is 2. The molecule has 3 unspecified atom stereocenters. The SMILES string of the molecule is C=C(C)C(=O)OCCNC(=O)CC1NC1C(CC(=O)O)C(=O)O. The maximum Gasteiger partial charge on any atom is 0.333 e. The molecule has 0 aromatic rings. The molecule has 0 bridgehead atoms. The molecule has 1 aliphatic rings. The fourth-order valence-electron chi connectivity index (χ4n) is 2.06. The summed E-state index contributed by atoms with van der Waals surface area (Å²) in [6.07, 6.45) is -0.468. The molecule has 0 radical (unpaired) electrons. The van der Waals surface area contributed by atoms with Crippen molar-refractivity contribution >= 4 is 23.8 Å². The Kier molecular flexibility index (Phi) is 6.70. The molecule has 1 aliphatic heterocycles. The number of hydrogen-bond donors (Lipinski definition) is 4. The summed E-state index contributed by atoms with van der Waals surface area (Å²) in [4.78, 5) is 44.4. The van der Waals surface area contributed by atoms with Gasteiger partial charge in [-0.2, -0.15) is 0 Å². The number of carbonyl (C=O) groups is 4. The first-order chi connectivity index (χ1) is 10.7. The van der Waals surface area contributed by atoms with E-state index in [1.807, 2.05) is 0 Å². The Balaban J connectivity index is 2.26. The lowest BCUT2D eigenvalue weighted by Gasteiger charge is -2.08.